The summed E-state index contributed by atoms with van der Waals surface area (Å²) in [5.74, 6) is 0.883. The van der Waals surface area contributed by atoms with Gasteiger partial charge in [0.1, 0.15) is 5.60 Å². The first-order chi connectivity index (χ1) is 11.3. The molecular weight excluding hydrogens is 304 g/mol. The van der Waals surface area contributed by atoms with E-state index in [2.05, 4.69) is 12.2 Å². The molecule has 1 heterocycles. The molecule has 0 aromatic rings. The van der Waals surface area contributed by atoms with E-state index in [0.29, 0.717) is 0 Å². The average molecular weight is 341 g/mol. The van der Waals surface area contributed by atoms with Crippen LogP contribution in [0.25, 0.3) is 0 Å². The van der Waals surface area contributed by atoms with Crippen molar-refractivity contribution < 1.29 is 14.3 Å². The molecule has 0 spiro atoms. The van der Waals surface area contributed by atoms with Crippen LogP contribution in [-0.4, -0.2) is 55.0 Å². The van der Waals surface area contributed by atoms with Crippen LogP contribution in [0.15, 0.2) is 0 Å². The second kappa shape index (κ2) is 9.04. The summed E-state index contributed by atoms with van der Waals surface area (Å²) in [4.78, 5) is 13.8. The van der Waals surface area contributed by atoms with Gasteiger partial charge in [-0.25, -0.2) is 4.79 Å². The van der Waals surface area contributed by atoms with Crippen molar-refractivity contribution >= 4 is 6.09 Å². The van der Waals surface area contributed by atoms with E-state index in [-0.39, 0.29) is 12.2 Å². The Kier molecular flexibility index (Phi) is 7.35. The molecule has 0 radical (unpaired) electrons. The number of nitrogens with zero attached hydrogens (tertiary/aromatic N) is 1. The van der Waals surface area contributed by atoms with Crippen molar-refractivity contribution in [2.24, 2.45) is 5.92 Å². The maximum atomic E-state index is 12.0. The third kappa shape index (κ3) is 6.98. The standard InChI is InChI=1S/C19H36N2O3/c1-15-6-7-16(14-15)20-10-5-13-23-17-8-11-21(12-9-17)18(22)24-19(2,3)4/h15-17,20H,5-14H2,1-4H3. The molecule has 140 valence electrons. The Morgan fingerprint density at radius 3 is 2.46 bits per heavy atom. The van der Waals surface area contributed by atoms with Crippen LogP contribution in [0.3, 0.4) is 0 Å². The minimum atomic E-state index is -0.422. The second-order valence-corrected chi connectivity index (χ2v) is 8.46. The van der Waals surface area contributed by atoms with Gasteiger partial charge in [0.2, 0.25) is 0 Å². The Bertz CT molecular complexity index is 387. The first-order valence-corrected chi connectivity index (χ1v) is 9.66. The molecule has 5 nitrogen and oxygen atoms in total. The fourth-order valence-electron chi connectivity index (χ4n) is 3.55. The molecule has 0 aromatic heterocycles. The van der Waals surface area contributed by atoms with Gasteiger partial charge in [0.05, 0.1) is 6.10 Å². The highest BCUT2D eigenvalue weighted by Gasteiger charge is 2.27. The molecule has 1 N–H and O–H groups in total. The van der Waals surface area contributed by atoms with E-state index in [1.54, 1.807) is 4.90 Å². The molecule has 1 amide bonds. The van der Waals surface area contributed by atoms with E-state index in [1.807, 2.05) is 20.8 Å². The third-order valence-electron chi connectivity index (χ3n) is 4.90. The van der Waals surface area contributed by atoms with Crippen LogP contribution in [-0.2, 0) is 9.47 Å². The van der Waals surface area contributed by atoms with Gasteiger partial charge in [-0.2, -0.15) is 0 Å². The number of hydrogen-bond acceptors (Lipinski definition) is 4. The number of carbonyl (C=O) groups excluding carboxylic acids is 1. The molecule has 1 aliphatic heterocycles. The van der Waals surface area contributed by atoms with Crippen molar-refractivity contribution in [2.75, 3.05) is 26.2 Å². The largest absolute Gasteiger partial charge is 0.444 e. The lowest BCUT2D eigenvalue weighted by molar-refractivity contribution is -0.0117. The molecule has 2 fully saturated rings. The highest BCUT2D eigenvalue weighted by atomic mass is 16.6. The van der Waals surface area contributed by atoms with E-state index in [9.17, 15) is 4.79 Å². The third-order valence-corrected chi connectivity index (χ3v) is 4.90. The van der Waals surface area contributed by atoms with Gasteiger partial charge in [-0.05, 0) is 71.8 Å². The second-order valence-electron chi connectivity index (χ2n) is 8.46. The number of amides is 1. The average Bonchev–Trinajstić information content (AvgIpc) is 2.91. The molecule has 1 saturated carbocycles. The quantitative estimate of drug-likeness (QED) is 0.751. The minimum absolute atomic E-state index is 0.198. The summed E-state index contributed by atoms with van der Waals surface area (Å²) in [5.41, 5.74) is -0.422. The molecule has 2 unspecified atom stereocenters. The lowest BCUT2D eigenvalue weighted by Crippen LogP contribution is -2.43. The topological polar surface area (TPSA) is 50.8 Å². The van der Waals surface area contributed by atoms with Gasteiger partial charge in [0, 0.05) is 25.7 Å². The lowest BCUT2D eigenvalue weighted by atomic mass is 10.1. The molecule has 2 rings (SSSR count). The van der Waals surface area contributed by atoms with Gasteiger partial charge in [-0.3, -0.25) is 0 Å². The predicted molar refractivity (Wildman–Crippen MR) is 96.2 cm³/mol. The maximum absolute atomic E-state index is 12.0. The Morgan fingerprint density at radius 2 is 1.88 bits per heavy atom. The van der Waals surface area contributed by atoms with E-state index >= 15 is 0 Å². The molecule has 2 atom stereocenters. The number of likely N-dealkylation sites (tertiary alicyclic amines) is 1. The molecule has 0 bridgehead atoms. The van der Waals surface area contributed by atoms with Gasteiger partial charge in [0.25, 0.3) is 0 Å². The SMILES string of the molecule is CC1CCC(NCCCOC2CCN(C(=O)OC(C)(C)C)CC2)C1. The van der Waals surface area contributed by atoms with Gasteiger partial charge < -0.3 is 19.7 Å². The van der Waals surface area contributed by atoms with Crippen LogP contribution in [0.4, 0.5) is 4.79 Å². The fraction of sp³-hybridized carbons (Fsp3) is 0.947. The number of carbonyl (C=O) groups is 1. The zero-order valence-corrected chi connectivity index (χ0v) is 16.0. The first kappa shape index (κ1) is 19.5. The molecular formula is C19H36N2O3. The summed E-state index contributed by atoms with van der Waals surface area (Å²) in [6.45, 7) is 11.4. The van der Waals surface area contributed by atoms with E-state index < -0.39 is 5.60 Å². The number of ether oxygens (including phenoxy) is 2. The zero-order valence-electron chi connectivity index (χ0n) is 16.0. The molecule has 24 heavy (non-hydrogen) atoms. The van der Waals surface area contributed by atoms with Gasteiger partial charge in [-0.15, -0.1) is 0 Å². The summed E-state index contributed by atoms with van der Waals surface area (Å²) in [7, 11) is 0. The molecule has 2 aliphatic rings. The van der Waals surface area contributed by atoms with Crippen molar-refractivity contribution in [2.45, 2.75) is 84.0 Å². The van der Waals surface area contributed by atoms with Crippen LogP contribution in [0, 0.1) is 5.92 Å². The van der Waals surface area contributed by atoms with Crippen LogP contribution in [0.1, 0.15) is 66.2 Å². The van der Waals surface area contributed by atoms with Crippen molar-refractivity contribution in [3.63, 3.8) is 0 Å². The van der Waals surface area contributed by atoms with Crippen molar-refractivity contribution in [1.29, 1.82) is 0 Å². The smallest absolute Gasteiger partial charge is 0.410 e. The molecule has 0 aromatic carbocycles. The van der Waals surface area contributed by atoms with Crippen molar-refractivity contribution in [3.8, 4) is 0 Å². The maximum Gasteiger partial charge on any atom is 0.410 e. The Hall–Kier alpha value is -0.810. The number of piperidine rings is 1. The Balaban J connectivity index is 1.51. The van der Waals surface area contributed by atoms with Crippen LogP contribution in [0.2, 0.25) is 0 Å². The van der Waals surface area contributed by atoms with Crippen LogP contribution < -0.4 is 5.32 Å². The summed E-state index contributed by atoms with van der Waals surface area (Å²) in [6.07, 6.45) is 6.99. The number of rotatable bonds is 6. The van der Waals surface area contributed by atoms with Gasteiger partial charge >= 0.3 is 6.09 Å². The van der Waals surface area contributed by atoms with Crippen LogP contribution >= 0.6 is 0 Å². The number of nitrogens with one attached hydrogen (secondary N) is 1. The Morgan fingerprint density at radius 1 is 1.17 bits per heavy atom. The van der Waals surface area contributed by atoms with Crippen molar-refractivity contribution in [1.82, 2.24) is 10.2 Å². The minimum Gasteiger partial charge on any atom is -0.444 e. The normalized spacial score (nSPS) is 25.9. The van der Waals surface area contributed by atoms with Gasteiger partial charge in [0.15, 0.2) is 0 Å². The molecule has 1 aliphatic carbocycles. The predicted octanol–water partition coefficient (Wildman–Crippen LogP) is 3.57. The molecule has 5 heteroatoms. The first-order valence-electron chi connectivity index (χ1n) is 9.66. The number of hydrogen-bond donors (Lipinski definition) is 1. The summed E-state index contributed by atoms with van der Waals surface area (Å²) in [6, 6.07) is 0.720. The monoisotopic (exact) mass is 340 g/mol. The highest BCUT2D eigenvalue weighted by Crippen LogP contribution is 2.24. The van der Waals surface area contributed by atoms with Crippen molar-refractivity contribution in [3.05, 3.63) is 0 Å². The highest BCUT2D eigenvalue weighted by molar-refractivity contribution is 5.68. The fourth-order valence-corrected chi connectivity index (χ4v) is 3.55. The summed E-state index contributed by atoms with van der Waals surface area (Å²) in [5, 5.41) is 3.64. The lowest BCUT2D eigenvalue weighted by Gasteiger charge is -2.33. The van der Waals surface area contributed by atoms with Gasteiger partial charge in [-0.1, -0.05) is 6.92 Å². The van der Waals surface area contributed by atoms with E-state index in [4.69, 9.17) is 9.47 Å². The Labute approximate surface area is 147 Å². The van der Waals surface area contributed by atoms with E-state index in [1.165, 1.54) is 19.3 Å². The molecule has 1 saturated heterocycles. The summed E-state index contributed by atoms with van der Waals surface area (Å²) >= 11 is 0. The van der Waals surface area contributed by atoms with Crippen LogP contribution in [0.5, 0.6) is 0 Å². The van der Waals surface area contributed by atoms with E-state index in [0.717, 1.165) is 57.5 Å². The summed E-state index contributed by atoms with van der Waals surface area (Å²) < 4.78 is 11.4. The zero-order chi connectivity index (χ0) is 17.6.